The third kappa shape index (κ3) is 7.57. The van der Waals surface area contributed by atoms with Crippen LogP contribution in [0, 0.1) is 0 Å². The molecule has 2 rings (SSSR count). The summed E-state index contributed by atoms with van der Waals surface area (Å²) in [5.74, 6) is -0.343. The first-order valence-corrected chi connectivity index (χ1v) is 11.7. The molecule has 0 radical (unpaired) electrons. The zero-order valence-corrected chi connectivity index (χ0v) is 18.7. The lowest BCUT2D eigenvalue weighted by atomic mass is 10.1. The minimum atomic E-state index is -0.440. The Kier molecular flexibility index (Phi) is 10.6. The van der Waals surface area contributed by atoms with Gasteiger partial charge in [-0.1, -0.05) is 80.3 Å². The van der Waals surface area contributed by atoms with Gasteiger partial charge in [-0.3, -0.25) is 4.79 Å². The Morgan fingerprint density at radius 1 is 1.07 bits per heavy atom. The molecule has 0 saturated carbocycles. The van der Waals surface area contributed by atoms with Gasteiger partial charge in [0.15, 0.2) is 0 Å². The zero-order valence-electron chi connectivity index (χ0n) is 17.1. The van der Waals surface area contributed by atoms with Crippen LogP contribution >= 0.6 is 15.9 Å². The predicted octanol–water partition coefficient (Wildman–Crippen LogP) is 6.13. The molecule has 1 heterocycles. The van der Waals surface area contributed by atoms with Crippen LogP contribution in [-0.2, 0) is 9.53 Å². The number of unbranched alkanes of at least 4 members (excludes halogenated alkanes) is 8. The lowest BCUT2D eigenvalue weighted by Gasteiger charge is -2.23. The van der Waals surface area contributed by atoms with Crippen LogP contribution in [0.25, 0.3) is 0 Å². The molecule has 1 aliphatic heterocycles. The Hall–Kier alpha value is -1.36. The van der Waals surface area contributed by atoms with Crippen molar-refractivity contribution < 1.29 is 14.3 Å². The molecular formula is C23H34BrNO3. The maximum Gasteiger partial charge on any atom is 0.328 e. The number of esters is 1. The highest BCUT2D eigenvalue weighted by molar-refractivity contribution is 9.10. The van der Waals surface area contributed by atoms with Crippen molar-refractivity contribution in [3.05, 3.63) is 34.3 Å². The van der Waals surface area contributed by atoms with Crippen molar-refractivity contribution in [2.75, 3.05) is 13.2 Å². The average molecular weight is 452 g/mol. The number of rotatable bonds is 12. The predicted molar refractivity (Wildman–Crippen MR) is 116 cm³/mol. The van der Waals surface area contributed by atoms with Crippen LogP contribution in [-0.4, -0.2) is 36.0 Å². The molecule has 156 valence electrons. The fraction of sp³-hybridized carbons (Fsp3) is 0.652. The van der Waals surface area contributed by atoms with Crippen molar-refractivity contribution in [1.29, 1.82) is 0 Å². The van der Waals surface area contributed by atoms with Gasteiger partial charge >= 0.3 is 5.97 Å². The molecule has 0 bridgehead atoms. The van der Waals surface area contributed by atoms with Crippen molar-refractivity contribution in [1.82, 2.24) is 4.90 Å². The summed E-state index contributed by atoms with van der Waals surface area (Å²) in [7, 11) is 0. The van der Waals surface area contributed by atoms with Gasteiger partial charge in [0, 0.05) is 16.6 Å². The topological polar surface area (TPSA) is 46.6 Å². The van der Waals surface area contributed by atoms with E-state index in [-0.39, 0.29) is 11.9 Å². The van der Waals surface area contributed by atoms with E-state index >= 15 is 0 Å². The second-order valence-electron chi connectivity index (χ2n) is 7.66. The van der Waals surface area contributed by atoms with E-state index in [9.17, 15) is 9.59 Å². The first-order valence-electron chi connectivity index (χ1n) is 10.9. The molecule has 1 amide bonds. The van der Waals surface area contributed by atoms with Crippen molar-refractivity contribution >= 4 is 27.8 Å². The summed E-state index contributed by atoms with van der Waals surface area (Å²) in [4.78, 5) is 26.9. The summed E-state index contributed by atoms with van der Waals surface area (Å²) in [6.07, 6.45) is 12.7. The van der Waals surface area contributed by atoms with Crippen LogP contribution in [0.2, 0.25) is 0 Å². The highest BCUT2D eigenvalue weighted by Crippen LogP contribution is 2.23. The maximum atomic E-state index is 12.8. The summed E-state index contributed by atoms with van der Waals surface area (Å²) < 4.78 is 6.35. The molecule has 1 saturated heterocycles. The quantitative estimate of drug-likeness (QED) is 0.283. The molecule has 1 unspecified atom stereocenters. The zero-order chi connectivity index (χ0) is 20.2. The standard InChI is InChI=1S/C23H34BrNO3/c1-2-3-4-5-6-7-8-9-10-17-28-23(27)21-15-12-16-25(21)22(26)19-13-11-14-20(24)18-19/h11,13-14,18,21H,2-10,12,15-17H2,1H3. The van der Waals surface area contributed by atoms with Gasteiger partial charge in [-0.15, -0.1) is 0 Å². The Balaban J connectivity index is 1.65. The normalized spacial score (nSPS) is 16.4. The summed E-state index contributed by atoms with van der Waals surface area (Å²) in [6.45, 7) is 3.32. The van der Waals surface area contributed by atoms with E-state index in [0.29, 0.717) is 25.1 Å². The van der Waals surface area contributed by atoms with Gasteiger partial charge in [0.2, 0.25) is 0 Å². The summed E-state index contributed by atoms with van der Waals surface area (Å²) in [5, 5.41) is 0. The Morgan fingerprint density at radius 2 is 1.75 bits per heavy atom. The van der Waals surface area contributed by atoms with Crippen LogP contribution in [0.3, 0.4) is 0 Å². The number of amides is 1. The lowest BCUT2D eigenvalue weighted by molar-refractivity contribution is -0.148. The maximum absolute atomic E-state index is 12.8. The first-order chi connectivity index (χ1) is 13.6. The SMILES string of the molecule is CCCCCCCCCCCOC(=O)C1CCCN1C(=O)c1cccc(Br)c1. The Labute approximate surface area is 178 Å². The number of hydrogen-bond acceptors (Lipinski definition) is 3. The van der Waals surface area contributed by atoms with Crippen LogP contribution < -0.4 is 0 Å². The van der Waals surface area contributed by atoms with Crippen molar-refractivity contribution in [3.63, 3.8) is 0 Å². The molecule has 1 fully saturated rings. The van der Waals surface area contributed by atoms with Crippen molar-refractivity contribution in [2.24, 2.45) is 0 Å². The number of nitrogens with zero attached hydrogens (tertiary/aromatic N) is 1. The smallest absolute Gasteiger partial charge is 0.328 e. The van der Waals surface area contributed by atoms with Crippen LogP contribution in [0.1, 0.15) is 87.9 Å². The Morgan fingerprint density at radius 3 is 2.43 bits per heavy atom. The second kappa shape index (κ2) is 13.0. The van der Waals surface area contributed by atoms with E-state index < -0.39 is 6.04 Å². The third-order valence-electron chi connectivity index (χ3n) is 5.35. The highest BCUT2D eigenvalue weighted by atomic mass is 79.9. The van der Waals surface area contributed by atoms with Gasteiger partial charge in [-0.25, -0.2) is 4.79 Å². The molecule has 4 nitrogen and oxygen atoms in total. The monoisotopic (exact) mass is 451 g/mol. The molecule has 5 heteroatoms. The first kappa shape index (κ1) is 22.9. The number of benzene rings is 1. The minimum absolute atomic E-state index is 0.0937. The number of carbonyl (C=O) groups excluding carboxylic acids is 2. The largest absolute Gasteiger partial charge is 0.464 e. The molecule has 1 aromatic rings. The van der Waals surface area contributed by atoms with E-state index in [1.54, 1.807) is 17.0 Å². The van der Waals surface area contributed by atoms with Gasteiger partial charge in [-0.05, 0) is 37.5 Å². The molecule has 1 aliphatic rings. The lowest BCUT2D eigenvalue weighted by Crippen LogP contribution is -2.41. The van der Waals surface area contributed by atoms with E-state index in [1.165, 1.54) is 44.9 Å². The number of likely N-dealkylation sites (tertiary alicyclic amines) is 1. The summed E-state index contributed by atoms with van der Waals surface area (Å²) in [5.41, 5.74) is 0.605. The number of carbonyl (C=O) groups is 2. The number of halogens is 1. The Bertz CT molecular complexity index is 620. The number of ether oxygens (including phenoxy) is 1. The average Bonchev–Trinajstić information content (AvgIpc) is 3.18. The van der Waals surface area contributed by atoms with Crippen molar-refractivity contribution in [3.8, 4) is 0 Å². The summed E-state index contributed by atoms with van der Waals surface area (Å²) >= 11 is 3.40. The van der Waals surface area contributed by atoms with E-state index in [1.807, 2.05) is 12.1 Å². The van der Waals surface area contributed by atoms with Gasteiger partial charge in [0.05, 0.1) is 6.61 Å². The van der Waals surface area contributed by atoms with E-state index in [2.05, 4.69) is 22.9 Å². The molecule has 0 N–H and O–H groups in total. The molecule has 0 aromatic heterocycles. The van der Waals surface area contributed by atoms with Gasteiger partial charge in [-0.2, -0.15) is 0 Å². The van der Waals surface area contributed by atoms with Crippen LogP contribution in [0.5, 0.6) is 0 Å². The molecule has 28 heavy (non-hydrogen) atoms. The molecule has 0 aliphatic carbocycles. The van der Waals surface area contributed by atoms with Gasteiger partial charge in [0.25, 0.3) is 5.91 Å². The molecule has 1 atom stereocenters. The minimum Gasteiger partial charge on any atom is -0.464 e. The molecule has 0 spiro atoms. The van der Waals surface area contributed by atoms with Gasteiger partial charge in [0.1, 0.15) is 6.04 Å². The molecule has 1 aromatic carbocycles. The number of hydrogen-bond donors (Lipinski definition) is 0. The van der Waals surface area contributed by atoms with E-state index in [4.69, 9.17) is 4.74 Å². The van der Waals surface area contributed by atoms with Crippen LogP contribution in [0.15, 0.2) is 28.7 Å². The van der Waals surface area contributed by atoms with E-state index in [0.717, 1.165) is 23.7 Å². The third-order valence-corrected chi connectivity index (χ3v) is 5.84. The second-order valence-corrected chi connectivity index (χ2v) is 8.58. The fourth-order valence-electron chi connectivity index (χ4n) is 3.72. The van der Waals surface area contributed by atoms with Crippen LogP contribution in [0.4, 0.5) is 0 Å². The fourth-order valence-corrected chi connectivity index (χ4v) is 4.12. The summed E-state index contributed by atoms with van der Waals surface area (Å²) in [6, 6.07) is 6.87. The molecular weight excluding hydrogens is 418 g/mol. The van der Waals surface area contributed by atoms with Gasteiger partial charge < -0.3 is 9.64 Å². The highest BCUT2D eigenvalue weighted by Gasteiger charge is 2.35. The van der Waals surface area contributed by atoms with Crippen molar-refractivity contribution in [2.45, 2.75) is 83.6 Å².